The van der Waals surface area contributed by atoms with E-state index in [1.807, 2.05) is 13.8 Å². The first-order chi connectivity index (χ1) is 13.8. The van der Waals surface area contributed by atoms with Gasteiger partial charge in [-0.15, -0.1) is 11.8 Å². The number of thioether (sulfide) groups is 1. The van der Waals surface area contributed by atoms with Crippen molar-refractivity contribution in [1.82, 2.24) is 10.2 Å². The van der Waals surface area contributed by atoms with E-state index in [1.54, 1.807) is 29.2 Å². The molecule has 7 heteroatoms. The number of nitrogens with one attached hydrogen (secondary N) is 1. The quantitative estimate of drug-likeness (QED) is 0.731. The van der Waals surface area contributed by atoms with Crippen LogP contribution in [0.2, 0.25) is 0 Å². The number of hydrogen-bond donors (Lipinski definition) is 1. The molecule has 1 heterocycles. The Balaban J connectivity index is 1.80. The van der Waals surface area contributed by atoms with Crippen LogP contribution in [0.25, 0.3) is 0 Å². The lowest BCUT2D eigenvalue weighted by Crippen LogP contribution is -2.49. The highest BCUT2D eigenvalue weighted by molar-refractivity contribution is 8.00. The Labute approximate surface area is 173 Å². The summed E-state index contributed by atoms with van der Waals surface area (Å²) in [6, 6.07) is 11.4. The number of amides is 2. The highest BCUT2D eigenvalue weighted by atomic mass is 32.2. The maximum absolute atomic E-state index is 13.7. The van der Waals surface area contributed by atoms with E-state index in [-0.39, 0.29) is 41.7 Å². The minimum Gasteiger partial charge on any atom is -0.350 e. The summed E-state index contributed by atoms with van der Waals surface area (Å²) in [5, 5.41) is 2.46. The Hall–Kier alpha value is -2.41. The molecule has 1 aliphatic rings. The maximum atomic E-state index is 13.7. The Morgan fingerprint density at radius 3 is 2.55 bits per heavy atom. The molecule has 4 nitrogen and oxygen atoms in total. The zero-order valence-corrected chi connectivity index (χ0v) is 17.2. The number of rotatable bonds is 7. The van der Waals surface area contributed by atoms with E-state index in [0.717, 1.165) is 5.56 Å². The van der Waals surface area contributed by atoms with Gasteiger partial charge in [-0.2, -0.15) is 0 Å². The van der Waals surface area contributed by atoms with Crippen molar-refractivity contribution in [3.05, 3.63) is 71.3 Å². The summed E-state index contributed by atoms with van der Waals surface area (Å²) >= 11 is 1.40. The second-order valence-electron chi connectivity index (χ2n) is 7.51. The Kier molecular flexibility index (Phi) is 6.90. The average molecular weight is 419 g/mol. The Morgan fingerprint density at radius 2 is 1.90 bits per heavy atom. The molecule has 0 unspecified atom stereocenters. The van der Waals surface area contributed by atoms with Gasteiger partial charge in [0, 0.05) is 6.54 Å². The maximum Gasteiger partial charge on any atom is 0.243 e. The molecule has 1 N–H and O–H groups in total. The van der Waals surface area contributed by atoms with Crippen molar-refractivity contribution in [1.29, 1.82) is 0 Å². The molecule has 0 bridgehead atoms. The standard InChI is InChI=1S/C22H24F2N2O2S/c1-14(2)10-19(21(28)25-12-15-6-8-17(23)9-7-15)26-20(27)13-29-22(26)16-4-3-5-18(24)11-16/h3-9,11,14,19,22H,10,12-13H2,1-2H3,(H,25,28)/t19-,22-/m1/s1. The third kappa shape index (κ3) is 5.35. The van der Waals surface area contributed by atoms with Gasteiger partial charge in [-0.25, -0.2) is 8.78 Å². The second-order valence-corrected chi connectivity index (χ2v) is 8.58. The van der Waals surface area contributed by atoms with Crippen LogP contribution in [0.4, 0.5) is 8.78 Å². The molecular weight excluding hydrogens is 394 g/mol. The van der Waals surface area contributed by atoms with Crippen LogP contribution in [-0.2, 0) is 16.1 Å². The largest absolute Gasteiger partial charge is 0.350 e. The minimum absolute atomic E-state index is 0.133. The van der Waals surface area contributed by atoms with Gasteiger partial charge in [-0.05, 0) is 47.7 Å². The van der Waals surface area contributed by atoms with Crippen molar-refractivity contribution in [2.24, 2.45) is 5.92 Å². The lowest BCUT2D eigenvalue weighted by atomic mass is 10.0. The summed E-state index contributed by atoms with van der Waals surface area (Å²) in [7, 11) is 0. The third-order valence-corrected chi connectivity index (χ3v) is 5.98. The summed E-state index contributed by atoms with van der Waals surface area (Å²) < 4.78 is 26.8. The molecule has 0 spiro atoms. The number of nitrogens with zero attached hydrogens (tertiary/aromatic N) is 1. The summed E-state index contributed by atoms with van der Waals surface area (Å²) in [4.78, 5) is 27.3. The molecule has 2 aromatic rings. The number of halogens is 2. The molecular formula is C22H24F2N2O2S. The summed E-state index contributed by atoms with van der Waals surface area (Å²) in [5.41, 5.74) is 1.44. The first-order valence-corrected chi connectivity index (χ1v) is 10.6. The van der Waals surface area contributed by atoms with E-state index in [0.29, 0.717) is 12.0 Å². The molecule has 2 amide bonds. The highest BCUT2D eigenvalue weighted by Gasteiger charge is 2.41. The zero-order valence-electron chi connectivity index (χ0n) is 16.4. The molecule has 0 radical (unpaired) electrons. The normalized spacial score (nSPS) is 17.6. The van der Waals surface area contributed by atoms with Crippen LogP contribution in [0, 0.1) is 17.6 Å². The van der Waals surface area contributed by atoms with Crippen LogP contribution in [0.5, 0.6) is 0 Å². The second kappa shape index (κ2) is 9.39. The third-order valence-electron chi connectivity index (χ3n) is 4.75. The van der Waals surface area contributed by atoms with Gasteiger partial charge < -0.3 is 10.2 Å². The molecule has 154 valence electrons. The van der Waals surface area contributed by atoms with E-state index in [4.69, 9.17) is 0 Å². The molecule has 0 aliphatic carbocycles. The molecule has 2 atom stereocenters. The van der Waals surface area contributed by atoms with Crippen LogP contribution in [0.3, 0.4) is 0 Å². The van der Waals surface area contributed by atoms with Gasteiger partial charge in [-0.1, -0.05) is 38.1 Å². The highest BCUT2D eigenvalue weighted by Crippen LogP contribution is 2.41. The van der Waals surface area contributed by atoms with E-state index in [9.17, 15) is 18.4 Å². The van der Waals surface area contributed by atoms with Crippen LogP contribution in [-0.4, -0.2) is 28.5 Å². The van der Waals surface area contributed by atoms with Gasteiger partial charge in [0.15, 0.2) is 0 Å². The Morgan fingerprint density at radius 1 is 1.17 bits per heavy atom. The van der Waals surface area contributed by atoms with E-state index in [2.05, 4.69) is 5.32 Å². The van der Waals surface area contributed by atoms with Crippen LogP contribution in [0.1, 0.15) is 36.8 Å². The molecule has 29 heavy (non-hydrogen) atoms. The fraction of sp³-hybridized carbons (Fsp3) is 0.364. The van der Waals surface area contributed by atoms with Gasteiger partial charge in [0.1, 0.15) is 23.1 Å². The number of carbonyl (C=O) groups excluding carboxylic acids is 2. The van der Waals surface area contributed by atoms with Gasteiger partial charge >= 0.3 is 0 Å². The van der Waals surface area contributed by atoms with Crippen LogP contribution < -0.4 is 5.32 Å². The molecule has 0 aromatic heterocycles. The van der Waals surface area contributed by atoms with E-state index >= 15 is 0 Å². The van der Waals surface area contributed by atoms with Gasteiger partial charge in [0.2, 0.25) is 11.8 Å². The van der Waals surface area contributed by atoms with Crippen molar-refractivity contribution < 1.29 is 18.4 Å². The smallest absolute Gasteiger partial charge is 0.243 e. The topological polar surface area (TPSA) is 49.4 Å². The summed E-state index contributed by atoms with van der Waals surface area (Å²) in [6.07, 6.45) is 0.493. The Bertz CT molecular complexity index is 873. The first-order valence-electron chi connectivity index (χ1n) is 9.55. The molecule has 1 fully saturated rings. The molecule has 3 rings (SSSR count). The van der Waals surface area contributed by atoms with Crippen molar-refractivity contribution >= 4 is 23.6 Å². The molecule has 0 saturated carbocycles. The first kappa shape index (κ1) is 21.3. The average Bonchev–Trinajstić information content (AvgIpc) is 3.06. The monoisotopic (exact) mass is 418 g/mol. The SMILES string of the molecule is CC(C)C[C@H](C(=O)NCc1ccc(F)cc1)N1C(=O)CS[C@@H]1c1cccc(F)c1. The predicted molar refractivity (Wildman–Crippen MR) is 110 cm³/mol. The molecule has 1 saturated heterocycles. The lowest BCUT2D eigenvalue weighted by Gasteiger charge is -2.33. The van der Waals surface area contributed by atoms with Crippen LogP contribution >= 0.6 is 11.8 Å². The number of carbonyl (C=O) groups is 2. The zero-order chi connectivity index (χ0) is 21.0. The molecule has 1 aliphatic heterocycles. The van der Waals surface area contributed by atoms with Crippen molar-refractivity contribution in [2.45, 2.75) is 38.2 Å². The minimum atomic E-state index is -0.661. The lowest BCUT2D eigenvalue weighted by molar-refractivity contribution is -0.139. The van der Waals surface area contributed by atoms with Crippen molar-refractivity contribution in [3.8, 4) is 0 Å². The van der Waals surface area contributed by atoms with Crippen LogP contribution in [0.15, 0.2) is 48.5 Å². The van der Waals surface area contributed by atoms with Gasteiger partial charge in [0.25, 0.3) is 0 Å². The summed E-state index contributed by atoms with van der Waals surface area (Å²) in [5.74, 6) is -0.671. The summed E-state index contributed by atoms with van der Waals surface area (Å²) in [6.45, 7) is 4.23. The fourth-order valence-electron chi connectivity index (χ4n) is 3.39. The predicted octanol–water partition coefficient (Wildman–Crippen LogP) is 4.27. The number of benzene rings is 2. The number of hydrogen-bond acceptors (Lipinski definition) is 3. The van der Waals surface area contributed by atoms with Gasteiger partial charge in [-0.3, -0.25) is 9.59 Å². The molecule has 2 aromatic carbocycles. The van der Waals surface area contributed by atoms with E-state index < -0.39 is 11.4 Å². The van der Waals surface area contributed by atoms with E-state index in [1.165, 1.54) is 36.0 Å². The van der Waals surface area contributed by atoms with Gasteiger partial charge in [0.05, 0.1) is 5.75 Å². The fourth-order valence-corrected chi connectivity index (χ4v) is 4.61. The van der Waals surface area contributed by atoms with Crippen molar-refractivity contribution in [3.63, 3.8) is 0 Å². The van der Waals surface area contributed by atoms with Crippen molar-refractivity contribution in [2.75, 3.05) is 5.75 Å².